The molecule has 1 atom stereocenters. The lowest BCUT2D eigenvalue weighted by molar-refractivity contribution is -0.143. The third kappa shape index (κ3) is 4.74. The minimum Gasteiger partial charge on any atom is -0.490 e. The van der Waals surface area contributed by atoms with E-state index in [4.69, 9.17) is 19.3 Å². The van der Waals surface area contributed by atoms with Gasteiger partial charge in [-0.25, -0.2) is 4.79 Å². The number of hydrogen-bond acceptors (Lipinski definition) is 5. The number of ether oxygens (including phenoxy) is 3. The Morgan fingerprint density at radius 2 is 1.79 bits per heavy atom. The monoisotopic (exact) mass is 272 g/mol. The van der Waals surface area contributed by atoms with Gasteiger partial charge in [-0.05, 0) is 12.8 Å². The highest BCUT2D eigenvalue weighted by atomic mass is 16.6. The Morgan fingerprint density at radius 1 is 1.16 bits per heavy atom. The third-order valence-corrected chi connectivity index (χ3v) is 2.84. The van der Waals surface area contributed by atoms with Crippen molar-refractivity contribution in [3.63, 3.8) is 0 Å². The number of aliphatic hydroxyl groups excluding tert-OH is 1. The maximum Gasteiger partial charge on any atom is 0.378 e. The maximum absolute atomic E-state index is 11.7. The summed E-state index contributed by atoms with van der Waals surface area (Å²) in [5.74, 6) is 0.146. The second-order valence-electron chi connectivity index (χ2n) is 4.50. The highest BCUT2D eigenvalue weighted by Crippen LogP contribution is 2.27. The van der Waals surface area contributed by atoms with E-state index in [9.17, 15) is 4.79 Å². The SMILES string of the molecule is CCCCOC1=C(OCCCC)C(CCO)OC1=O. The summed E-state index contributed by atoms with van der Waals surface area (Å²) in [7, 11) is 0. The van der Waals surface area contributed by atoms with Gasteiger partial charge >= 0.3 is 5.97 Å². The molecule has 1 unspecified atom stereocenters. The van der Waals surface area contributed by atoms with Crippen LogP contribution in [-0.4, -0.2) is 37.0 Å². The van der Waals surface area contributed by atoms with Crippen LogP contribution in [0.15, 0.2) is 11.5 Å². The molecular formula is C14H24O5. The lowest BCUT2D eigenvalue weighted by Crippen LogP contribution is -2.15. The summed E-state index contributed by atoms with van der Waals surface area (Å²) in [6, 6.07) is 0. The molecule has 0 bridgehead atoms. The second kappa shape index (κ2) is 8.80. The second-order valence-corrected chi connectivity index (χ2v) is 4.50. The van der Waals surface area contributed by atoms with E-state index in [1.807, 2.05) is 0 Å². The van der Waals surface area contributed by atoms with Gasteiger partial charge in [0.2, 0.25) is 5.76 Å². The lowest BCUT2D eigenvalue weighted by Gasteiger charge is -2.13. The number of carbonyl (C=O) groups is 1. The molecule has 0 aromatic heterocycles. The molecule has 0 radical (unpaired) electrons. The summed E-state index contributed by atoms with van der Waals surface area (Å²) in [5, 5.41) is 8.99. The molecule has 0 aromatic carbocycles. The van der Waals surface area contributed by atoms with Crippen LogP contribution in [0.2, 0.25) is 0 Å². The minimum atomic E-state index is -0.508. The van der Waals surface area contributed by atoms with E-state index in [0.29, 0.717) is 25.4 Å². The Morgan fingerprint density at radius 3 is 2.37 bits per heavy atom. The molecule has 19 heavy (non-hydrogen) atoms. The van der Waals surface area contributed by atoms with Crippen molar-refractivity contribution in [1.29, 1.82) is 0 Å². The van der Waals surface area contributed by atoms with Crippen molar-refractivity contribution >= 4 is 5.97 Å². The fraction of sp³-hybridized carbons (Fsp3) is 0.786. The Bertz CT molecular complexity index is 311. The fourth-order valence-electron chi connectivity index (χ4n) is 1.72. The standard InChI is InChI=1S/C14H24O5/c1-3-5-9-17-12-11(7-8-15)19-14(16)13(12)18-10-6-4-2/h11,15H,3-10H2,1-2H3. The molecule has 0 aromatic rings. The van der Waals surface area contributed by atoms with E-state index in [1.165, 1.54) is 0 Å². The average Bonchev–Trinajstić information content (AvgIpc) is 2.68. The molecule has 5 heteroatoms. The van der Waals surface area contributed by atoms with Crippen LogP contribution in [0, 0.1) is 0 Å². The van der Waals surface area contributed by atoms with Crippen molar-refractivity contribution in [3.05, 3.63) is 11.5 Å². The van der Waals surface area contributed by atoms with Crippen LogP contribution in [0.3, 0.4) is 0 Å². The van der Waals surface area contributed by atoms with Crippen molar-refractivity contribution in [2.75, 3.05) is 19.8 Å². The highest BCUT2D eigenvalue weighted by molar-refractivity contribution is 5.89. The number of carbonyl (C=O) groups excluding carboxylic acids is 1. The van der Waals surface area contributed by atoms with Crippen molar-refractivity contribution in [3.8, 4) is 0 Å². The molecule has 1 heterocycles. The van der Waals surface area contributed by atoms with Crippen molar-refractivity contribution in [2.45, 2.75) is 52.1 Å². The molecule has 0 fully saturated rings. The van der Waals surface area contributed by atoms with E-state index >= 15 is 0 Å². The number of esters is 1. The zero-order valence-electron chi connectivity index (χ0n) is 11.8. The first kappa shape index (κ1) is 15.8. The molecule has 5 nitrogen and oxygen atoms in total. The molecular weight excluding hydrogens is 248 g/mol. The molecule has 1 rings (SSSR count). The van der Waals surface area contributed by atoms with Gasteiger partial charge in [-0.15, -0.1) is 0 Å². The number of cyclic esters (lactones) is 1. The first-order valence-corrected chi connectivity index (χ1v) is 7.06. The van der Waals surface area contributed by atoms with E-state index in [2.05, 4.69) is 13.8 Å². The highest BCUT2D eigenvalue weighted by Gasteiger charge is 2.37. The van der Waals surface area contributed by atoms with Crippen LogP contribution < -0.4 is 0 Å². The Labute approximate surface area is 114 Å². The topological polar surface area (TPSA) is 65.0 Å². The van der Waals surface area contributed by atoms with Gasteiger partial charge in [0.15, 0.2) is 11.9 Å². The van der Waals surface area contributed by atoms with E-state index in [-0.39, 0.29) is 12.4 Å². The Hall–Kier alpha value is -1.23. The number of unbranched alkanes of at least 4 members (excludes halogenated alkanes) is 2. The van der Waals surface area contributed by atoms with Gasteiger partial charge in [0.25, 0.3) is 0 Å². The summed E-state index contributed by atoms with van der Waals surface area (Å²) >= 11 is 0. The number of rotatable bonds is 10. The molecule has 1 aliphatic heterocycles. The number of hydrogen-bond donors (Lipinski definition) is 1. The molecule has 0 saturated heterocycles. The van der Waals surface area contributed by atoms with Crippen LogP contribution in [0.4, 0.5) is 0 Å². The van der Waals surface area contributed by atoms with Crippen LogP contribution >= 0.6 is 0 Å². The molecule has 0 amide bonds. The van der Waals surface area contributed by atoms with Gasteiger partial charge in [-0.2, -0.15) is 0 Å². The molecule has 0 spiro atoms. The first-order chi connectivity index (χ1) is 9.24. The largest absolute Gasteiger partial charge is 0.490 e. The van der Waals surface area contributed by atoms with Gasteiger partial charge in [0, 0.05) is 13.0 Å². The Balaban J connectivity index is 2.68. The van der Waals surface area contributed by atoms with E-state index in [1.54, 1.807) is 0 Å². The van der Waals surface area contributed by atoms with Crippen LogP contribution in [0.25, 0.3) is 0 Å². The van der Waals surface area contributed by atoms with E-state index < -0.39 is 12.1 Å². The zero-order valence-corrected chi connectivity index (χ0v) is 11.8. The summed E-state index contributed by atoms with van der Waals surface area (Å²) in [6.07, 6.45) is 3.63. The fourth-order valence-corrected chi connectivity index (χ4v) is 1.72. The summed E-state index contributed by atoms with van der Waals surface area (Å²) in [4.78, 5) is 11.7. The number of aliphatic hydroxyl groups is 1. The van der Waals surface area contributed by atoms with Gasteiger partial charge in [0.1, 0.15) is 0 Å². The average molecular weight is 272 g/mol. The molecule has 0 saturated carbocycles. The van der Waals surface area contributed by atoms with E-state index in [0.717, 1.165) is 25.7 Å². The van der Waals surface area contributed by atoms with Crippen LogP contribution in [0.1, 0.15) is 46.0 Å². The third-order valence-electron chi connectivity index (χ3n) is 2.84. The maximum atomic E-state index is 11.7. The van der Waals surface area contributed by atoms with Crippen molar-refractivity contribution in [2.24, 2.45) is 0 Å². The summed E-state index contributed by atoms with van der Waals surface area (Å²) < 4.78 is 16.3. The zero-order chi connectivity index (χ0) is 14.1. The lowest BCUT2D eigenvalue weighted by atomic mass is 10.2. The first-order valence-electron chi connectivity index (χ1n) is 7.06. The summed E-state index contributed by atoms with van der Waals surface area (Å²) in [6.45, 7) is 5.08. The van der Waals surface area contributed by atoms with Gasteiger partial charge in [-0.1, -0.05) is 26.7 Å². The quantitative estimate of drug-likeness (QED) is 0.487. The van der Waals surface area contributed by atoms with Gasteiger partial charge in [-0.3, -0.25) is 0 Å². The van der Waals surface area contributed by atoms with Crippen LogP contribution in [0.5, 0.6) is 0 Å². The van der Waals surface area contributed by atoms with Crippen molar-refractivity contribution in [1.82, 2.24) is 0 Å². The molecule has 110 valence electrons. The molecule has 0 aliphatic carbocycles. The normalized spacial score (nSPS) is 18.7. The van der Waals surface area contributed by atoms with Gasteiger partial charge < -0.3 is 19.3 Å². The summed E-state index contributed by atoms with van der Waals surface area (Å²) in [5.41, 5.74) is 0. The predicted molar refractivity (Wildman–Crippen MR) is 70.3 cm³/mol. The predicted octanol–water partition coefficient (Wildman–Crippen LogP) is 2.14. The van der Waals surface area contributed by atoms with Gasteiger partial charge in [0.05, 0.1) is 13.2 Å². The smallest absolute Gasteiger partial charge is 0.378 e. The Kier molecular flexibility index (Phi) is 7.33. The van der Waals surface area contributed by atoms with Crippen molar-refractivity contribution < 1.29 is 24.1 Å². The molecule has 1 N–H and O–H groups in total. The van der Waals surface area contributed by atoms with Crippen LogP contribution in [-0.2, 0) is 19.0 Å². The molecule has 1 aliphatic rings. The minimum absolute atomic E-state index is 0.0547.